The summed E-state index contributed by atoms with van der Waals surface area (Å²) >= 11 is 2.90. The van der Waals surface area contributed by atoms with Crippen LogP contribution in [0, 0.1) is 0 Å². The number of nitrogens with zero attached hydrogens (tertiary/aromatic N) is 3. The number of rotatable bonds is 6. The number of nitrogens with one attached hydrogen (secondary N) is 1. The van der Waals surface area contributed by atoms with E-state index in [9.17, 15) is 4.79 Å². The lowest BCUT2D eigenvalue weighted by molar-refractivity contribution is -0.127. The molecule has 1 amide bonds. The summed E-state index contributed by atoms with van der Waals surface area (Å²) in [7, 11) is 0. The van der Waals surface area contributed by atoms with Crippen LogP contribution in [0.1, 0.15) is 12.0 Å². The van der Waals surface area contributed by atoms with E-state index >= 15 is 0 Å². The highest BCUT2D eigenvalue weighted by Crippen LogP contribution is 2.28. The van der Waals surface area contributed by atoms with Crippen LogP contribution >= 0.6 is 23.1 Å². The molecular formula is C21H20N4OS2. The number of anilines is 2. The molecule has 5 nitrogen and oxygen atoms in total. The number of amides is 1. The molecule has 1 aliphatic heterocycles. The fourth-order valence-electron chi connectivity index (χ4n) is 2.99. The highest BCUT2D eigenvalue weighted by molar-refractivity contribution is 8.01. The third kappa shape index (κ3) is 4.79. The van der Waals surface area contributed by atoms with Gasteiger partial charge in [-0.05, 0) is 29.7 Å². The first-order valence-corrected chi connectivity index (χ1v) is 10.9. The summed E-state index contributed by atoms with van der Waals surface area (Å²) in [5.41, 5.74) is 3.54. The van der Waals surface area contributed by atoms with Gasteiger partial charge in [-0.2, -0.15) is 0 Å². The second-order valence-corrected chi connectivity index (χ2v) is 8.54. The SMILES string of the molecule is O=C(CSc1nnc(Nc2ccccc2)s1)N1CC=C(c2ccccc2)CC1. The summed E-state index contributed by atoms with van der Waals surface area (Å²) < 4.78 is 0.796. The van der Waals surface area contributed by atoms with Crippen molar-refractivity contribution in [2.24, 2.45) is 0 Å². The Morgan fingerprint density at radius 1 is 1.07 bits per heavy atom. The first kappa shape index (κ1) is 18.7. The Morgan fingerprint density at radius 3 is 2.54 bits per heavy atom. The van der Waals surface area contributed by atoms with E-state index in [4.69, 9.17) is 0 Å². The van der Waals surface area contributed by atoms with Gasteiger partial charge in [-0.25, -0.2) is 0 Å². The fraction of sp³-hybridized carbons (Fsp3) is 0.190. The van der Waals surface area contributed by atoms with Crippen LogP contribution in [0.15, 0.2) is 71.1 Å². The average molecular weight is 409 g/mol. The molecule has 0 bridgehead atoms. The lowest BCUT2D eigenvalue weighted by Gasteiger charge is -2.26. The van der Waals surface area contributed by atoms with Crippen LogP contribution in [-0.4, -0.2) is 39.8 Å². The van der Waals surface area contributed by atoms with Crippen LogP contribution in [0.4, 0.5) is 10.8 Å². The summed E-state index contributed by atoms with van der Waals surface area (Å²) in [5.74, 6) is 0.523. The summed E-state index contributed by atoms with van der Waals surface area (Å²) in [6.45, 7) is 1.43. The van der Waals surface area contributed by atoms with Gasteiger partial charge in [0.1, 0.15) is 0 Å². The number of hydrogen-bond acceptors (Lipinski definition) is 6. The minimum atomic E-state index is 0.140. The molecule has 2 aromatic carbocycles. The van der Waals surface area contributed by atoms with Gasteiger partial charge in [0.2, 0.25) is 11.0 Å². The Balaban J connectivity index is 1.28. The van der Waals surface area contributed by atoms with Crippen LogP contribution < -0.4 is 5.32 Å². The molecule has 28 heavy (non-hydrogen) atoms. The summed E-state index contributed by atoms with van der Waals surface area (Å²) in [6, 6.07) is 20.2. The standard InChI is InChI=1S/C21H20N4OS2/c26-19(25-13-11-17(12-14-25)16-7-3-1-4-8-16)15-27-21-24-23-20(28-21)22-18-9-5-2-6-10-18/h1-11H,12-15H2,(H,22,23). The minimum absolute atomic E-state index is 0.140. The third-order valence-electron chi connectivity index (χ3n) is 4.46. The maximum atomic E-state index is 12.5. The number of para-hydroxylation sites is 1. The predicted octanol–water partition coefficient (Wildman–Crippen LogP) is 4.69. The molecule has 0 fully saturated rings. The van der Waals surface area contributed by atoms with Crippen LogP contribution in [0.25, 0.3) is 5.57 Å². The van der Waals surface area contributed by atoms with Crippen molar-refractivity contribution in [1.29, 1.82) is 0 Å². The summed E-state index contributed by atoms with van der Waals surface area (Å²) in [5, 5.41) is 12.3. The van der Waals surface area contributed by atoms with Crippen molar-refractivity contribution in [3.8, 4) is 0 Å². The third-order valence-corrected chi connectivity index (χ3v) is 6.41. The number of thioether (sulfide) groups is 1. The summed E-state index contributed by atoms with van der Waals surface area (Å²) in [6.07, 6.45) is 3.05. The van der Waals surface area contributed by atoms with E-state index in [0.717, 1.165) is 28.1 Å². The number of aromatic nitrogens is 2. The Labute approximate surface area is 172 Å². The van der Waals surface area contributed by atoms with Crippen LogP contribution in [0.2, 0.25) is 0 Å². The Morgan fingerprint density at radius 2 is 1.82 bits per heavy atom. The first-order valence-electron chi connectivity index (χ1n) is 9.08. The van der Waals surface area contributed by atoms with Gasteiger partial charge < -0.3 is 10.2 Å². The molecule has 0 unspecified atom stereocenters. The lowest BCUT2D eigenvalue weighted by Crippen LogP contribution is -2.35. The second-order valence-electron chi connectivity index (χ2n) is 6.34. The van der Waals surface area contributed by atoms with Crippen molar-refractivity contribution >= 4 is 45.4 Å². The van der Waals surface area contributed by atoms with E-state index in [-0.39, 0.29) is 5.91 Å². The normalized spacial score (nSPS) is 13.9. The van der Waals surface area contributed by atoms with Crippen molar-refractivity contribution in [1.82, 2.24) is 15.1 Å². The topological polar surface area (TPSA) is 58.1 Å². The van der Waals surface area contributed by atoms with Crippen LogP contribution in [0.5, 0.6) is 0 Å². The molecule has 4 rings (SSSR count). The minimum Gasteiger partial charge on any atom is -0.338 e. The van der Waals surface area contributed by atoms with Gasteiger partial charge in [0, 0.05) is 18.8 Å². The van der Waals surface area contributed by atoms with E-state index in [1.165, 1.54) is 34.2 Å². The van der Waals surface area contributed by atoms with Crippen LogP contribution in [-0.2, 0) is 4.79 Å². The van der Waals surface area contributed by atoms with Crippen molar-refractivity contribution in [2.75, 3.05) is 24.2 Å². The molecule has 0 spiro atoms. The zero-order valence-electron chi connectivity index (χ0n) is 15.2. The molecule has 142 valence electrons. The zero-order chi connectivity index (χ0) is 19.2. The summed E-state index contributed by atoms with van der Waals surface area (Å²) in [4.78, 5) is 14.4. The van der Waals surface area contributed by atoms with Gasteiger partial charge in [-0.3, -0.25) is 4.79 Å². The molecule has 2 heterocycles. The quantitative estimate of drug-likeness (QED) is 0.600. The highest BCUT2D eigenvalue weighted by Gasteiger charge is 2.18. The van der Waals surface area contributed by atoms with E-state index in [2.05, 4.69) is 33.7 Å². The number of carbonyl (C=O) groups excluding carboxylic acids is 1. The second kappa shape index (κ2) is 9.03. The molecular weight excluding hydrogens is 388 g/mol. The Kier molecular flexibility index (Phi) is 6.04. The van der Waals surface area contributed by atoms with Crippen molar-refractivity contribution in [2.45, 2.75) is 10.8 Å². The van der Waals surface area contributed by atoms with Crippen LogP contribution in [0.3, 0.4) is 0 Å². The molecule has 3 aromatic rings. The molecule has 0 atom stereocenters. The molecule has 0 saturated heterocycles. The zero-order valence-corrected chi connectivity index (χ0v) is 16.9. The van der Waals surface area contributed by atoms with E-state index in [1.807, 2.05) is 53.4 Å². The first-order chi connectivity index (χ1) is 13.8. The maximum Gasteiger partial charge on any atom is 0.233 e. The Bertz CT molecular complexity index is 957. The molecule has 7 heteroatoms. The smallest absolute Gasteiger partial charge is 0.233 e. The number of carbonyl (C=O) groups is 1. The molecule has 0 radical (unpaired) electrons. The van der Waals surface area contributed by atoms with Crippen molar-refractivity contribution in [3.63, 3.8) is 0 Å². The van der Waals surface area contributed by atoms with Gasteiger partial charge in [0.15, 0.2) is 4.34 Å². The largest absolute Gasteiger partial charge is 0.338 e. The molecule has 1 aliphatic rings. The van der Waals surface area contributed by atoms with E-state index in [1.54, 1.807) is 0 Å². The molecule has 1 N–H and O–H groups in total. The Hall–Kier alpha value is -2.64. The van der Waals surface area contributed by atoms with Gasteiger partial charge in [-0.15, -0.1) is 10.2 Å². The van der Waals surface area contributed by atoms with E-state index < -0.39 is 0 Å². The fourth-order valence-corrected chi connectivity index (χ4v) is 4.66. The average Bonchev–Trinajstić information content (AvgIpc) is 3.21. The number of benzene rings is 2. The predicted molar refractivity (Wildman–Crippen MR) is 116 cm³/mol. The molecule has 0 saturated carbocycles. The van der Waals surface area contributed by atoms with Gasteiger partial charge in [-0.1, -0.05) is 77.7 Å². The number of hydrogen-bond donors (Lipinski definition) is 1. The maximum absolute atomic E-state index is 12.5. The molecule has 0 aliphatic carbocycles. The molecule has 1 aromatic heterocycles. The lowest BCUT2D eigenvalue weighted by atomic mass is 10.00. The van der Waals surface area contributed by atoms with Crippen molar-refractivity contribution in [3.05, 3.63) is 72.3 Å². The highest BCUT2D eigenvalue weighted by atomic mass is 32.2. The van der Waals surface area contributed by atoms with Gasteiger partial charge >= 0.3 is 0 Å². The van der Waals surface area contributed by atoms with Gasteiger partial charge in [0.05, 0.1) is 5.75 Å². The van der Waals surface area contributed by atoms with Crippen molar-refractivity contribution < 1.29 is 4.79 Å². The van der Waals surface area contributed by atoms with Gasteiger partial charge in [0.25, 0.3) is 0 Å². The monoisotopic (exact) mass is 408 g/mol. The van der Waals surface area contributed by atoms with E-state index in [0.29, 0.717) is 12.3 Å².